The number of methoxy groups -OCH3 is 1. The van der Waals surface area contributed by atoms with Crippen LogP contribution in [0.2, 0.25) is 5.02 Å². The standard InChI is InChI=1S/C21H22ClFN4O3.ClH/c1-28-19-11-15-18(12-20(19)30-9-6-27-4-7-29-8-5-27)24-13-25-21(15)26-17-3-2-14(22)10-16(17)23;/h2-3,10-13H,4-9H2,1H3,(H,24,25,26);1H. The van der Waals surface area contributed by atoms with Crippen LogP contribution in [0.25, 0.3) is 10.9 Å². The molecule has 0 aliphatic carbocycles. The van der Waals surface area contributed by atoms with Crippen LogP contribution in [-0.4, -0.2) is 61.4 Å². The van der Waals surface area contributed by atoms with Gasteiger partial charge in [-0.05, 0) is 24.3 Å². The topological polar surface area (TPSA) is 68.7 Å². The number of rotatable bonds is 7. The fourth-order valence-electron chi connectivity index (χ4n) is 3.26. The largest absolute Gasteiger partial charge is 0.493 e. The predicted octanol–water partition coefficient (Wildman–Crippen LogP) is 4.31. The Morgan fingerprint density at radius 3 is 2.71 bits per heavy atom. The smallest absolute Gasteiger partial charge is 0.163 e. The maximum atomic E-state index is 14.2. The number of fused-ring (bicyclic) bond motifs is 1. The molecule has 7 nitrogen and oxygen atoms in total. The zero-order chi connectivity index (χ0) is 20.9. The van der Waals surface area contributed by atoms with Crippen LogP contribution >= 0.6 is 24.0 Å². The zero-order valence-electron chi connectivity index (χ0n) is 16.9. The molecule has 1 saturated heterocycles. The van der Waals surface area contributed by atoms with E-state index in [1.54, 1.807) is 31.4 Å². The molecule has 2 heterocycles. The number of nitrogens with one attached hydrogen (secondary N) is 1. The molecular weight excluding hydrogens is 446 g/mol. The molecule has 10 heteroatoms. The highest BCUT2D eigenvalue weighted by Gasteiger charge is 2.14. The van der Waals surface area contributed by atoms with Gasteiger partial charge in [0.1, 0.15) is 24.6 Å². The number of morpholine rings is 1. The highest BCUT2D eigenvalue weighted by atomic mass is 35.5. The third kappa shape index (κ3) is 5.65. The summed E-state index contributed by atoms with van der Waals surface area (Å²) in [6.07, 6.45) is 1.42. The molecular formula is C21H23Cl2FN4O3. The molecule has 0 amide bonds. The summed E-state index contributed by atoms with van der Waals surface area (Å²) in [5.41, 5.74) is 0.924. The van der Waals surface area contributed by atoms with Crippen LogP contribution in [0.5, 0.6) is 11.5 Å². The van der Waals surface area contributed by atoms with Crippen molar-refractivity contribution >= 4 is 46.4 Å². The minimum absolute atomic E-state index is 0. The van der Waals surface area contributed by atoms with E-state index in [9.17, 15) is 4.39 Å². The normalized spacial score (nSPS) is 14.2. The third-order valence-corrected chi connectivity index (χ3v) is 5.11. The molecule has 2 aromatic carbocycles. The van der Waals surface area contributed by atoms with Gasteiger partial charge in [-0.1, -0.05) is 11.6 Å². The molecule has 166 valence electrons. The number of ether oxygens (including phenoxy) is 3. The summed E-state index contributed by atoms with van der Waals surface area (Å²) in [5.74, 6) is 1.14. The van der Waals surface area contributed by atoms with E-state index >= 15 is 0 Å². The maximum Gasteiger partial charge on any atom is 0.163 e. The fraction of sp³-hybridized carbons (Fsp3) is 0.333. The summed E-state index contributed by atoms with van der Waals surface area (Å²) in [6, 6.07) is 8.01. The monoisotopic (exact) mass is 468 g/mol. The van der Waals surface area contributed by atoms with Crippen molar-refractivity contribution < 1.29 is 18.6 Å². The number of hydrogen-bond acceptors (Lipinski definition) is 7. The second-order valence-electron chi connectivity index (χ2n) is 6.79. The van der Waals surface area contributed by atoms with Gasteiger partial charge < -0.3 is 19.5 Å². The molecule has 1 aliphatic rings. The second kappa shape index (κ2) is 10.8. The Morgan fingerprint density at radius 1 is 1.16 bits per heavy atom. The van der Waals surface area contributed by atoms with Gasteiger partial charge in [-0.2, -0.15) is 0 Å². The number of hydrogen-bond donors (Lipinski definition) is 1. The summed E-state index contributed by atoms with van der Waals surface area (Å²) in [4.78, 5) is 10.9. The molecule has 3 aromatic rings. The van der Waals surface area contributed by atoms with E-state index in [1.165, 1.54) is 12.4 Å². The summed E-state index contributed by atoms with van der Waals surface area (Å²) >= 11 is 5.83. The Hall–Kier alpha value is -2.39. The first-order valence-corrected chi connectivity index (χ1v) is 9.99. The molecule has 1 N–H and O–H groups in total. The lowest BCUT2D eigenvalue weighted by Crippen LogP contribution is -2.38. The van der Waals surface area contributed by atoms with E-state index in [0.717, 1.165) is 32.8 Å². The van der Waals surface area contributed by atoms with Crippen LogP contribution in [0.4, 0.5) is 15.9 Å². The van der Waals surface area contributed by atoms with Crippen molar-refractivity contribution in [3.63, 3.8) is 0 Å². The quantitative estimate of drug-likeness (QED) is 0.553. The molecule has 0 spiro atoms. The van der Waals surface area contributed by atoms with E-state index in [-0.39, 0.29) is 18.1 Å². The molecule has 0 saturated carbocycles. The molecule has 0 bridgehead atoms. The molecule has 0 radical (unpaired) electrons. The lowest BCUT2D eigenvalue weighted by molar-refractivity contribution is 0.0321. The first-order valence-electron chi connectivity index (χ1n) is 9.62. The summed E-state index contributed by atoms with van der Waals surface area (Å²) < 4.78 is 31.0. The van der Waals surface area contributed by atoms with Crippen molar-refractivity contribution in [1.29, 1.82) is 0 Å². The SMILES string of the molecule is COc1cc2c(Nc3ccc(Cl)cc3F)ncnc2cc1OCCN1CCOCC1.Cl. The van der Waals surface area contributed by atoms with Gasteiger partial charge in [0, 0.05) is 36.1 Å². The van der Waals surface area contributed by atoms with Gasteiger partial charge in [0.25, 0.3) is 0 Å². The molecule has 31 heavy (non-hydrogen) atoms. The van der Waals surface area contributed by atoms with E-state index in [4.69, 9.17) is 25.8 Å². The average Bonchev–Trinajstić information content (AvgIpc) is 2.76. The van der Waals surface area contributed by atoms with Crippen molar-refractivity contribution in [2.75, 3.05) is 51.9 Å². The molecule has 1 fully saturated rings. The Balaban J connectivity index is 0.00000272. The number of nitrogens with zero attached hydrogens (tertiary/aromatic N) is 3. The number of aromatic nitrogens is 2. The number of anilines is 2. The van der Waals surface area contributed by atoms with Crippen molar-refractivity contribution in [3.05, 3.63) is 47.5 Å². The second-order valence-corrected chi connectivity index (χ2v) is 7.23. The minimum atomic E-state index is -0.468. The van der Waals surface area contributed by atoms with Crippen molar-refractivity contribution in [1.82, 2.24) is 14.9 Å². The van der Waals surface area contributed by atoms with Crippen LogP contribution in [-0.2, 0) is 4.74 Å². The zero-order valence-corrected chi connectivity index (χ0v) is 18.5. The lowest BCUT2D eigenvalue weighted by atomic mass is 10.2. The average molecular weight is 469 g/mol. The Morgan fingerprint density at radius 2 is 1.97 bits per heavy atom. The summed E-state index contributed by atoms with van der Waals surface area (Å²) in [7, 11) is 1.58. The highest BCUT2D eigenvalue weighted by Crippen LogP contribution is 2.35. The van der Waals surface area contributed by atoms with Crippen LogP contribution in [0.1, 0.15) is 0 Å². The minimum Gasteiger partial charge on any atom is -0.493 e. The highest BCUT2D eigenvalue weighted by molar-refractivity contribution is 6.30. The summed E-state index contributed by atoms with van der Waals surface area (Å²) in [6.45, 7) is 4.63. The van der Waals surface area contributed by atoms with Gasteiger partial charge in [-0.3, -0.25) is 4.90 Å². The Bertz CT molecular complexity index is 1030. The van der Waals surface area contributed by atoms with Crippen molar-refractivity contribution in [2.24, 2.45) is 0 Å². The van der Waals surface area contributed by atoms with Gasteiger partial charge >= 0.3 is 0 Å². The van der Waals surface area contributed by atoms with Gasteiger partial charge in [0.05, 0.1) is 31.5 Å². The predicted molar refractivity (Wildman–Crippen MR) is 121 cm³/mol. The Labute approximate surface area is 190 Å². The first-order chi connectivity index (χ1) is 14.6. The fourth-order valence-corrected chi connectivity index (χ4v) is 3.42. The molecule has 1 aliphatic heterocycles. The van der Waals surface area contributed by atoms with Crippen molar-refractivity contribution in [3.8, 4) is 11.5 Å². The van der Waals surface area contributed by atoms with E-state index in [1.807, 2.05) is 0 Å². The van der Waals surface area contributed by atoms with E-state index in [2.05, 4.69) is 20.2 Å². The molecule has 1 aromatic heterocycles. The molecule has 0 unspecified atom stereocenters. The number of benzene rings is 2. The Kier molecular flexibility index (Phi) is 8.09. The number of halogens is 3. The van der Waals surface area contributed by atoms with Crippen molar-refractivity contribution in [2.45, 2.75) is 0 Å². The maximum absolute atomic E-state index is 14.2. The van der Waals surface area contributed by atoms with E-state index in [0.29, 0.717) is 39.8 Å². The van der Waals surface area contributed by atoms with Crippen LogP contribution < -0.4 is 14.8 Å². The van der Waals surface area contributed by atoms with Gasteiger partial charge in [-0.15, -0.1) is 12.4 Å². The van der Waals surface area contributed by atoms with Gasteiger partial charge in [0.15, 0.2) is 11.5 Å². The molecule has 0 atom stereocenters. The lowest BCUT2D eigenvalue weighted by Gasteiger charge is -2.26. The van der Waals surface area contributed by atoms with Gasteiger partial charge in [-0.25, -0.2) is 14.4 Å². The van der Waals surface area contributed by atoms with E-state index < -0.39 is 5.82 Å². The first kappa shape index (κ1) is 23.3. The third-order valence-electron chi connectivity index (χ3n) is 4.87. The van der Waals surface area contributed by atoms with Crippen LogP contribution in [0.3, 0.4) is 0 Å². The summed E-state index contributed by atoms with van der Waals surface area (Å²) in [5, 5.41) is 4.01. The van der Waals surface area contributed by atoms with Gasteiger partial charge in [0.2, 0.25) is 0 Å². The molecule has 4 rings (SSSR count). The van der Waals surface area contributed by atoms with Crippen LogP contribution in [0, 0.1) is 5.82 Å². The van der Waals surface area contributed by atoms with Crippen LogP contribution in [0.15, 0.2) is 36.7 Å².